The highest BCUT2D eigenvalue weighted by Crippen LogP contribution is 2.36. The standard InChI is InChI=1S/C26H23N3O3S2/c1-30-9-10-31-11-12-32-20-6-2-5-18(15-20)19-16-21-26(27-17-19)29-25(23-8-4-14-34-23)24(28-21)22-7-3-13-33-22/h2-8,13-17H,9-12H2,1H3. The van der Waals surface area contributed by atoms with Crippen molar-refractivity contribution in [3.8, 4) is 38.0 Å². The average molecular weight is 490 g/mol. The van der Waals surface area contributed by atoms with Crippen molar-refractivity contribution < 1.29 is 14.2 Å². The summed E-state index contributed by atoms with van der Waals surface area (Å²) >= 11 is 3.31. The van der Waals surface area contributed by atoms with Gasteiger partial charge >= 0.3 is 0 Å². The number of ether oxygens (including phenoxy) is 3. The first-order valence-electron chi connectivity index (χ1n) is 10.9. The van der Waals surface area contributed by atoms with Gasteiger partial charge in [-0.05, 0) is 46.7 Å². The van der Waals surface area contributed by atoms with Gasteiger partial charge in [-0.3, -0.25) is 0 Å². The maximum absolute atomic E-state index is 5.85. The van der Waals surface area contributed by atoms with E-state index in [1.54, 1.807) is 29.8 Å². The second-order valence-corrected chi connectivity index (χ2v) is 9.32. The van der Waals surface area contributed by atoms with E-state index in [0.29, 0.717) is 32.1 Å². The normalized spacial score (nSPS) is 11.2. The first-order valence-corrected chi connectivity index (χ1v) is 12.6. The molecule has 0 bridgehead atoms. The van der Waals surface area contributed by atoms with Crippen molar-refractivity contribution in [3.63, 3.8) is 0 Å². The molecule has 34 heavy (non-hydrogen) atoms. The molecule has 0 atom stereocenters. The zero-order valence-electron chi connectivity index (χ0n) is 18.6. The van der Waals surface area contributed by atoms with Crippen LogP contribution in [0.1, 0.15) is 0 Å². The van der Waals surface area contributed by atoms with E-state index in [-0.39, 0.29) is 0 Å². The summed E-state index contributed by atoms with van der Waals surface area (Å²) in [5, 5.41) is 4.11. The Morgan fingerprint density at radius 3 is 2.26 bits per heavy atom. The summed E-state index contributed by atoms with van der Waals surface area (Å²) in [5.41, 5.74) is 5.12. The molecule has 5 aromatic rings. The van der Waals surface area contributed by atoms with Crippen LogP contribution in [0, 0.1) is 0 Å². The molecule has 0 spiro atoms. The number of benzene rings is 1. The van der Waals surface area contributed by atoms with Crippen molar-refractivity contribution in [1.29, 1.82) is 0 Å². The Bertz CT molecular complexity index is 1360. The zero-order chi connectivity index (χ0) is 23.2. The number of methoxy groups -OCH3 is 1. The minimum absolute atomic E-state index is 0.476. The molecule has 0 aliphatic carbocycles. The van der Waals surface area contributed by atoms with Crippen molar-refractivity contribution in [1.82, 2.24) is 15.0 Å². The number of fused-ring (bicyclic) bond motifs is 1. The quantitative estimate of drug-likeness (QED) is 0.218. The maximum Gasteiger partial charge on any atom is 0.178 e. The predicted molar refractivity (Wildman–Crippen MR) is 138 cm³/mol. The van der Waals surface area contributed by atoms with Crippen molar-refractivity contribution in [3.05, 3.63) is 71.6 Å². The van der Waals surface area contributed by atoms with Crippen LogP contribution in [0.15, 0.2) is 71.6 Å². The topological polar surface area (TPSA) is 66.4 Å². The van der Waals surface area contributed by atoms with Gasteiger partial charge in [0.25, 0.3) is 0 Å². The van der Waals surface area contributed by atoms with Crippen molar-refractivity contribution in [2.24, 2.45) is 0 Å². The molecule has 0 saturated heterocycles. The number of pyridine rings is 1. The molecule has 0 fully saturated rings. The Morgan fingerprint density at radius 2 is 1.53 bits per heavy atom. The number of rotatable bonds is 10. The molecule has 0 aliphatic heterocycles. The summed E-state index contributed by atoms with van der Waals surface area (Å²) in [6.07, 6.45) is 1.84. The molecule has 172 valence electrons. The molecule has 4 heterocycles. The zero-order valence-corrected chi connectivity index (χ0v) is 20.3. The second-order valence-electron chi connectivity index (χ2n) is 7.42. The van der Waals surface area contributed by atoms with E-state index in [9.17, 15) is 0 Å². The van der Waals surface area contributed by atoms with Crippen LogP contribution in [0.5, 0.6) is 5.75 Å². The van der Waals surface area contributed by atoms with Gasteiger partial charge in [-0.1, -0.05) is 24.3 Å². The third-order valence-electron chi connectivity index (χ3n) is 5.13. The number of hydrogen-bond acceptors (Lipinski definition) is 8. The molecular formula is C26H23N3O3S2. The van der Waals surface area contributed by atoms with E-state index in [2.05, 4.69) is 27.9 Å². The lowest BCUT2D eigenvalue weighted by molar-refractivity contribution is 0.0544. The minimum atomic E-state index is 0.476. The third-order valence-corrected chi connectivity index (χ3v) is 6.88. The van der Waals surface area contributed by atoms with Crippen LogP contribution >= 0.6 is 22.7 Å². The molecule has 0 N–H and O–H groups in total. The van der Waals surface area contributed by atoms with Crippen LogP contribution in [-0.2, 0) is 9.47 Å². The lowest BCUT2D eigenvalue weighted by atomic mass is 10.1. The number of aromatic nitrogens is 3. The average Bonchev–Trinajstić information content (AvgIpc) is 3.60. The molecule has 0 radical (unpaired) electrons. The fraction of sp³-hybridized carbons (Fsp3) is 0.192. The highest BCUT2D eigenvalue weighted by Gasteiger charge is 2.16. The lowest BCUT2D eigenvalue weighted by Gasteiger charge is -2.10. The van der Waals surface area contributed by atoms with Gasteiger partial charge in [0.2, 0.25) is 0 Å². The van der Waals surface area contributed by atoms with Gasteiger partial charge in [-0.25, -0.2) is 15.0 Å². The second kappa shape index (κ2) is 10.8. The van der Waals surface area contributed by atoms with E-state index in [0.717, 1.165) is 43.5 Å². The molecule has 8 heteroatoms. The SMILES string of the molecule is COCCOCCOc1cccc(-c2cnc3nc(-c4cccs4)c(-c4cccs4)nc3c2)c1. The monoisotopic (exact) mass is 489 g/mol. The van der Waals surface area contributed by atoms with E-state index in [4.69, 9.17) is 24.2 Å². The molecule has 0 saturated carbocycles. The molecule has 6 nitrogen and oxygen atoms in total. The summed E-state index contributed by atoms with van der Waals surface area (Å²) in [7, 11) is 1.66. The van der Waals surface area contributed by atoms with Crippen LogP contribution in [-0.4, -0.2) is 48.5 Å². The van der Waals surface area contributed by atoms with Crippen molar-refractivity contribution in [2.75, 3.05) is 33.5 Å². The third kappa shape index (κ3) is 5.15. The van der Waals surface area contributed by atoms with E-state index < -0.39 is 0 Å². The van der Waals surface area contributed by atoms with E-state index >= 15 is 0 Å². The van der Waals surface area contributed by atoms with Gasteiger partial charge in [-0.2, -0.15) is 0 Å². The molecule has 0 amide bonds. The molecule has 0 aliphatic rings. The summed E-state index contributed by atoms with van der Waals surface area (Å²) < 4.78 is 16.3. The number of thiophene rings is 2. The Kier molecular flexibility index (Phi) is 7.21. The first-order chi connectivity index (χ1) is 16.8. The molecular weight excluding hydrogens is 466 g/mol. The van der Waals surface area contributed by atoms with Gasteiger partial charge in [0, 0.05) is 18.9 Å². The molecule has 1 aromatic carbocycles. The lowest BCUT2D eigenvalue weighted by Crippen LogP contribution is -2.09. The van der Waals surface area contributed by atoms with Crippen molar-refractivity contribution in [2.45, 2.75) is 0 Å². The Balaban J connectivity index is 1.43. The summed E-state index contributed by atoms with van der Waals surface area (Å²) in [5.74, 6) is 0.784. The summed E-state index contributed by atoms with van der Waals surface area (Å²) in [4.78, 5) is 16.7. The Morgan fingerprint density at radius 1 is 0.765 bits per heavy atom. The largest absolute Gasteiger partial charge is 0.491 e. The highest BCUT2D eigenvalue weighted by molar-refractivity contribution is 7.14. The van der Waals surface area contributed by atoms with Crippen LogP contribution in [0.3, 0.4) is 0 Å². The summed E-state index contributed by atoms with van der Waals surface area (Å²) in [6, 6.07) is 18.2. The minimum Gasteiger partial charge on any atom is -0.491 e. The van der Waals surface area contributed by atoms with Crippen LogP contribution in [0.2, 0.25) is 0 Å². The van der Waals surface area contributed by atoms with Gasteiger partial charge in [0.1, 0.15) is 29.3 Å². The first kappa shape index (κ1) is 22.6. The van der Waals surface area contributed by atoms with E-state index in [1.807, 2.05) is 48.7 Å². The van der Waals surface area contributed by atoms with Gasteiger partial charge in [0.15, 0.2) is 5.65 Å². The van der Waals surface area contributed by atoms with Crippen LogP contribution in [0.25, 0.3) is 43.4 Å². The molecule has 5 rings (SSSR count). The predicted octanol–water partition coefficient (Wildman–Crippen LogP) is 6.19. The van der Waals surface area contributed by atoms with Gasteiger partial charge in [0.05, 0.1) is 29.6 Å². The van der Waals surface area contributed by atoms with Crippen LogP contribution < -0.4 is 4.74 Å². The van der Waals surface area contributed by atoms with E-state index in [1.165, 1.54) is 0 Å². The maximum atomic E-state index is 5.85. The fourth-order valence-electron chi connectivity index (χ4n) is 3.50. The smallest absolute Gasteiger partial charge is 0.178 e. The molecule has 0 unspecified atom stereocenters. The van der Waals surface area contributed by atoms with Crippen LogP contribution in [0.4, 0.5) is 0 Å². The van der Waals surface area contributed by atoms with Crippen molar-refractivity contribution >= 4 is 33.8 Å². The highest BCUT2D eigenvalue weighted by atomic mass is 32.1. The number of nitrogens with zero attached hydrogens (tertiary/aromatic N) is 3. The molecule has 4 aromatic heterocycles. The summed E-state index contributed by atoms with van der Waals surface area (Å²) in [6.45, 7) is 2.13. The Labute approximate surface area is 205 Å². The van der Waals surface area contributed by atoms with Gasteiger partial charge in [-0.15, -0.1) is 22.7 Å². The van der Waals surface area contributed by atoms with Gasteiger partial charge < -0.3 is 14.2 Å². The Hall–Kier alpha value is -3.17. The fourth-order valence-corrected chi connectivity index (χ4v) is 4.93. The number of hydrogen-bond donors (Lipinski definition) is 0.